The van der Waals surface area contributed by atoms with E-state index in [1.165, 1.54) is 0 Å². The third-order valence-electron chi connectivity index (χ3n) is 3.70. The van der Waals surface area contributed by atoms with Gasteiger partial charge in [0.1, 0.15) is 0 Å². The number of anilines is 1. The Labute approximate surface area is 151 Å². The van der Waals surface area contributed by atoms with Gasteiger partial charge >= 0.3 is 0 Å². The smallest absolute Gasteiger partial charge is 0.224 e. The number of tetrazole rings is 1. The SMILES string of the molecule is CCc1ccc(Cl)c(CC)c1NC(=O)CCCSc1nnnn1C. The van der Waals surface area contributed by atoms with Crippen molar-refractivity contribution in [2.45, 2.75) is 44.7 Å². The topological polar surface area (TPSA) is 72.7 Å². The highest BCUT2D eigenvalue weighted by molar-refractivity contribution is 7.99. The van der Waals surface area contributed by atoms with E-state index in [4.69, 9.17) is 11.6 Å². The van der Waals surface area contributed by atoms with Crippen molar-refractivity contribution in [2.75, 3.05) is 11.1 Å². The highest BCUT2D eigenvalue weighted by Crippen LogP contribution is 2.29. The lowest BCUT2D eigenvalue weighted by molar-refractivity contribution is -0.116. The molecule has 0 bridgehead atoms. The summed E-state index contributed by atoms with van der Waals surface area (Å²) in [6, 6.07) is 3.88. The van der Waals surface area contributed by atoms with Crippen LogP contribution in [0.2, 0.25) is 5.02 Å². The number of aromatic nitrogens is 4. The van der Waals surface area contributed by atoms with Crippen molar-refractivity contribution in [1.29, 1.82) is 0 Å². The normalized spacial score (nSPS) is 10.8. The van der Waals surface area contributed by atoms with Gasteiger partial charge in [-0.1, -0.05) is 43.3 Å². The fraction of sp³-hybridized carbons (Fsp3) is 0.500. The van der Waals surface area contributed by atoms with Crippen molar-refractivity contribution in [3.05, 3.63) is 28.3 Å². The number of benzene rings is 1. The van der Waals surface area contributed by atoms with Gasteiger partial charge < -0.3 is 5.32 Å². The number of hydrogen-bond acceptors (Lipinski definition) is 5. The van der Waals surface area contributed by atoms with Crippen LogP contribution in [0.3, 0.4) is 0 Å². The Morgan fingerprint density at radius 2 is 2.12 bits per heavy atom. The lowest BCUT2D eigenvalue weighted by Crippen LogP contribution is -2.15. The van der Waals surface area contributed by atoms with Crippen LogP contribution < -0.4 is 5.32 Å². The first-order chi connectivity index (χ1) is 11.6. The molecule has 0 aliphatic carbocycles. The molecule has 1 aromatic carbocycles. The molecular weight excluding hydrogens is 346 g/mol. The van der Waals surface area contributed by atoms with Crippen LogP contribution in [0.25, 0.3) is 0 Å². The van der Waals surface area contributed by atoms with E-state index in [2.05, 4.69) is 27.8 Å². The maximum atomic E-state index is 12.3. The fourth-order valence-electron chi connectivity index (χ4n) is 2.41. The predicted molar refractivity (Wildman–Crippen MR) is 97.6 cm³/mol. The summed E-state index contributed by atoms with van der Waals surface area (Å²) in [5, 5.41) is 15.8. The molecule has 1 heterocycles. The zero-order valence-corrected chi connectivity index (χ0v) is 15.7. The molecule has 8 heteroatoms. The van der Waals surface area contributed by atoms with E-state index in [1.807, 2.05) is 19.1 Å². The van der Waals surface area contributed by atoms with Crippen molar-refractivity contribution >= 4 is 35.0 Å². The van der Waals surface area contributed by atoms with Crippen LogP contribution in [-0.4, -0.2) is 31.9 Å². The number of nitrogens with zero attached hydrogens (tertiary/aromatic N) is 4. The summed E-state index contributed by atoms with van der Waals surface area (Å²) in [4.78, 5) is 12.3. The Bertz CT molecular complexity index is 704. The van der Waals surface area contributed by atoms with Gasteiger partial charge in [0.15, 0.2) is 0 Å². The number of halogens is 1. The molecule has 1 aromatic heterocycles. The first-order valence-electron chi connectivity index (χ1n) is 8.02. The van der Waals surface area contributed by atoms with Crippen LogP contribution >= 0.6 is 23.4 Å². The minimum atomic E-state index is 0.0124. The molecule has 1 N–H and O–H groups in total. The molecule has 0 saturated heterocycles. The largest absolute Gasteiger partial charge is 0.326 e. The number of rotatable bonds is 8. The number of carbonyl (C=O) groups excluding carboxylic acids is 1. The van der Waals surface area contributed by atoms with Crippen LogP contribution in [0.5, 0.6) is 0 Å². The van der Waals surface area contributed by atoms with Gasteiger partial charge in [-0.15, -0.1) is 5.10 Å². The molecule has 0 saturated carbocycles. The van der Waals surface area contributed by atoms with Crippen molar-refractivity contribution in [3.8, 4) is 0 Å². The molecule has 0 atom stereocenters. The Hall–Kier alpha value is -1.60. The van der Waals surface area contributed by atoms with Crippen LogP contribution in [0, 0.1) is 0 Å². The maximum Gasteiger partial charge on any atom is 0.224 e. The van der Waals surface area contributed by atoms with Gasteiger partial charge in [0.05, 0.1) is 0 Å². The lowest BCUT2D eigenvalue weighted by Gasteiger charge is -2.16. The van der Waals surface area contributed by atoms with Gasteiger partial charge in [-0.3, -0.25) is 4.79 Å². The number of aryl methyl sites for hydroxylation is 2. The van der Waals surface area contributed by atoms with Gasteiger partial charge in [-0.05, 0) is 46.9 Å². The van der Waals surface area contributed by atoms with E-state index >= 15 is 0 Å². The van der Waals surface area contributed by atoms with Gasteiger partial charge in [-0.25, -0.2) is 4.68 Å². The maximum absolute atomic E-state index is 12.3. The molecule has 2 rings (SSSR count). The Morgan fingerprint density at radius 3 is 2.75 bits per heavy atom. The predicted octanol–water partition coefficient (Wildman–Crippen LogP) is 3.50. The quantitative estimate of drug-likeness (QED) is 0.571. The Balaban J connectivity index is 1.90. The Kier molecular flexibility index (Phi) is 7.05. The molecule has 0 fully saturated rings. The second-order valence-electron chi connectivity index (χ2n) is 5.35. The van der Waals surface area contributed by atoms with E-state index in [9.17, 15) is 4.79 Å². The van der Waals surface area contributed by atoms with Gasteiger partial charge in [0.25, 0.3) is 0 Å². The first-order valence-corrected chi connectivity index (χ1v) is 9.38. The fourth-order valence-corrected chi connectivity index (χ4v) is 3.49. The third kappa shape index (κ3) is 4.70. The summed E-state index contributed by atoms with van der Waals surface area (Å²) < 4.78 is 1.62. The number of thioether (sulfide) groups is 1. The van der Waals surface area contributed by atoms with Crippen molar-refractivity contribution < 1.29 is 4.79 Å². The van der Waals surface area contributed by atoms with Crippen LogP contribution in [0.4, 0.5) is 5.69 Å². The number of carbonyl (C=O) groups is 1. The zero-order valence-electron chi connectivity index (χ0n) is 14.2. The summed E-state index contributed by atoms with van der Waals surface area (Å²) in [6.45, 7) is 4.12. The summed E-state index contributed by atoms with van der Waals surface area (Å²) in [5.41, 5.74) is 3.00. The Morgan fingerprint density at radius 1 is 1.33 bits per heavy atom. The molecule has 24 heavy (non-hydrogen) atoms. The first kappa shape index (κ1) is 18.7. The van der Waals surface area contributed by atoms with Gasteiger partial charge in [0.2, 0.25) is 11.1 Å². The molecule has 6 nitrogen and oxygen atoms in total. The van der Waals surface area contributed by atoms with Gasteiger partial charge in [-0.2, -0.15) is 0 Å². The molecule has 2 aromatic rings. The summed E-state index contributed by atoms with van der Waals surface area (Å²) in [7, 11) is 1.80. The molecule has 0 aliphatic heterocycles. The van der Waals surface area contributed by atoms with E-state index in [0.29, 0.717) is 11.4 Å². The summed E-state index contributed by atoms with van der Waals surface area (Å²) in [6.07, 6.45) is 2.86. The molecule has 130 valence electrons. The van der Waals surface area contributed by atoms with Gasteiger partial charge in [0, 0.05) is 29.9 Å². The highest BCUT2D eigenvalue weighted by Gasteiger charge is 2.13. The minimum Gasteiger partial charge on any atom is -0.326 e. The standard InChI is InChI=1S/C16H22ClN5OS/c1-4-11-8-9-13(17)12(5-2)15(11)18-14(23)7-6-10-24-16-19-20-21-22(16)3/h8-9H,4-7,10H2,1-3H3,(H,18,23). The van der Waals surface area contributed by atoms with E-state index in [0.717, 1.165) is 47.0 Å². The van der Waals surface area contributed by atoms with Crippen molar-refractivity contribution in [1.82, 2.24) is 20.2 Å². The monoisotopic (exact) mass is 367 g/mol. The third-order valence-corrected chi connectivity index (χ3v) is 5.15. The highest BCUT2D eigenvalue weighted by atomic mass is 35.5. The number of nitrogens with one attached hydrogen (secondary N) is 1. The number of amides is 1. The molecular formula is C16H22ClN5OS. The molecule has 0 unspecified atom stereocenters. The zero-order chi connectivity index (χ0) is 17.5. The van der Waals surface area contributed by atoms with Crippen LogP contribution in [0.15, 0.2) is 17.3 Å². The second kappa shape index (κ2) is 9.03. The van der Waals surface area contributed by atoms with Crippen molar-refractivity contribution in [3.63, 3.8) is 0 Å². The second-order valence-corrected chi connectivity index (χ2v) is 6.82. The molecule has 0 aliphatic rings. The average molecular weight is 368 g/mol. The summed E-state index contributed by atoms with van der Waals surface area (Å²) >= 11 is 7.81. The minimum absolute atomic E-state index is 0.0124. The van der Waals surface area contributed by atoms with E-state index in [-0.39, 0.29) is 5.91 Å². The molecule has 1 amide bonds. The molecule has 0 spiro atoms. The van der Waals surface area contributed by atoms with Crippen LogP contribution in [0.1, 0.15) is 37.8 Å². The average Bonchev–Trinajstić information content (AvgIpc) is 2.97. The summed E-state index contributed by atoms with van der Waals surface area (Å²) in [5.74, 6) is 0.802. The number of hydrogen-bond donors (Lipinski definition) is 1. The molecule has 0 radical (unpaired) electrons. The van der Waals surface area contributed by atoms with E-state index in [1.54, 1.807) is 23.5 Å². The van der Waals surface area contributed by atoms with Crippen LogP contribution in [-0.2, 0) is 24.7 Å². The van der Waals surface area contributed by atoms with Crippen molar-refractivity contribution in [2.24, 2.45) is 7.05 Å². The van der Waals surface area contributed by atoms with E-state index < -0.39 is 0 Å². The lowest BCUT2D eigenvalue weighted by atomic mass is 10.0.